The second-order valence-electron chi connectivity index (χ2n) is 7.37. The molecule has 0 aromatic heterocycles. The van der Waals surface area contributed by atoms with Crippen LogP contribution in [0.15, 0.2) is 30.3 Å². The van der Waals surface area contributed by atoms with E-state index in [0.717, 1.165) is 25.7 Å². The average Bonchev–Trinajstić information content (AvgIpc) is 2.70. The van der Waals surface area contributed by atoms with Crippen LogP contribution in [0.3, 0.4) is 0 Å². The summed E-state index contributed by atoms with van der Waals surface area (Å²) in [4.78, 5) is 0. The highest BCUT2D eigenvalue weighted by atomic mass is 19.2. The van der Waals surface area contributed by atoms with Crippen molar-refractivity contribution in [3.8, 4) is 16.9 Å². The van der Waals surface area contributed by atoms with Gasteiger partial charge in [0.1, 0.15) is 11.6 Å². The lowest BCUT2D eigenvalue weighted by atomic mass is 9.91. The molecule has 2 nitrogen and oxygen atoms in total. The van der Waals surface area contributed by atoms with Crippen molar-refractivity contribution in [2.24, 2.45) is 5.92 Å². The number of ether oxygens (including phenoxy) is 2. The maximum atomic E-state index is 14.8. The number of rotatable bonds is 7. The highest BCUT2D eigenvalue weighted by Crippen LogP contribution is 2.37. The molecule has 1 aliphatic heterocycles. The van der Waals surface area contributed by atoms with Crippen molar-refractivity contribution in [3.05, 3.63) is 53.3 Å². The highest BCUT2D eigenvalue weighted by Gasteiger charge is 2.27. The third kappa shape index (κ3) is 4.52. The quantitative estimate of drug-likeness (QED) is 0.514. The summed E-state index contributed by atoms with van der Waals surface area (Å²) in [7, 11) is 0. The molecule has 0 N–H and O–H groups in total. The largest absolute Gasteiger partial charge is 0.494 e. The Labute approximate surface area is 164 Å². The van der Waals surface area contributed by atoms with Gasteiger partial charge in [-0.1, -0.05) is 32.4 Å². The summed E-state index contributed by atoms with van der Waals surface area (Å²) in [5, 5.41) is 0. The fourth-order valence-electron chi connectivity index (χ4n) is 3.73. The molecule has 0 aliphatic carbocycles. The van der Waals surface area contributed by atoms with Crippen LogP contribution in [0, 0.1) is 23.4 Å². The van der Waals surface area contributed by atoms with Crippen LogP contribution >= 0.6 is 0 Å². The zero-order valence-electron chi connectivity index (χ0n) is 16.4. The summed E-state index contributed by atoms with van der Waals surface area (Å²) in [5.74, 6) is -1.79. The SMILES string of the molecule is CCCOc1ccc(-c2ccc(C3CCC(CCC)CO3)c(F)c2F)c(F)c1. The van der Waals surface area contributed by atoms with Gasteiger partial charge in [0.2, 0.25) is 0 Å². The van der Waals surface area contributed by atoms with Gasteiger partial charge in [0.05, 0.1) is 19.3 Å². The monoisotopic (exact) mass is 392 g/mol. The van der Waals surface area contributed by atoms with Crippen LogP contribution in [-0.2, 0) is 4.74 Å². The van der Waals surface area contributed by atoms with Gasteiger partial charge in [-0.25, -0.2) is 13.2 Å². The molecule has 152 valence electrons. The topological polar surface area (TPSA) is 18.5 Å². The van der Waals surface area contributed by atoms with Crippen molar-refractivity contribution in [1.29, 1.82) is 0 Å². The van der Waals surface area contributed by atoms with E-state index in [0.29, 0.717) is 31.3 Å². The third-order valence-electron chi connectivity index (χ3n) is 5.23. The first kappa shape index (κ1) is 20.7. The Morgan fingerprint density at radius 2 is 1.75 bits per heavy atom. The maximum absolute atomic E-state index is 14.8. The minimum Gasteiger partial charge on any atom is -0.494 e. The standard InChI is InChI=1S/C23H27F3O2/c1-3-5-15-6-11-21(28-14-15)19-10-9-18(22(25)23(19)26)17-8-7-16(13-20(17)24)27-12-4-2/h7-10,13,15,21H,3-6,11-12,14H2,1-2H3. The zero-order chi connectivity index (χ0) is 20.1. The number of halogens is 3. The van der Waals surface area contributed by atoms with Gasteiger partial charge >= 0.3 is 0 Å². The molecule has 2 aromatic rings. The van der Waals surface area contributed by atoms with E-state index in [2.05, 4.69) is 6.92 Å². The van der Waals surface area contributed by atoms with Gasteiger partial charge in [0, 0.05) is 22.8 Å². The van der Waals surface area contributed by atoms with E-state index >= 15 is 0 Å². The maximum Gasteiger partial charge on any atom is 0.167 e. The molecular formula is C23H27F3O2. The van der Waals surface area contributed by atoms with Gasteiger partial charge in [-0.05, 0) is 43.7 Å². The first-order chi connectivity index (χ1) is 13.5. The normalized spacial score (nSPS) is 19.6. The lowest BCUT2D eigenvalue weighted by molar-refractivity contribution is -0.0214. The Morgan fingerprint density at radius 1 is 0.964 bits per heavy atom. The van der Waals surface area contributed by atoms with Crippen LogP contribution < -0.4 is 4.74 Å². The van der Waals surface area contributed by atoms with Gasteiger partial charge in [0.25, 0.3) is 0 Å². The molecule has 0 saturated carbocycles. The van der Waals surface area contributed by atoms with Crippen molar-refractivity contribution in [3.63, 3.8) is 0 Å². The summed E-state index contributed by atoms with van der Waals surface area (Å²) < 4.78 is 55.1. The first-order valence-electron chi connectivity index (χ1n) is 10.1. The fraction of sp³-hybridized carbons (Fsp3) is 0.478. The van der Waals surface area contributed by atoms with Crippen LogP contribution in [0.2, 0.25) is 0 Å². The molecule has 0 radical (unpaired) electrons. The predicted octanol–water partition coefficient (Wildman–Crippen LogP) is 6.83. The van der Waals surface area contributed by atoms with E-state index in [1.54, 1.807) is 6.07 Å². The van der Waals surface area contributed by atoms with Gasteiger partial charge in [-0.15, -0.1) is 0 Å². The minimum atomic E-state index is -1.04. The third-order valence-corrected chi connectivity index (χ3v) is 5.23. The number of benzene rings is 2. The molecule has 2 atom stereocenters. The second kappa shape index (κ2) is 9.46. The predicted molar refractivity (Wildman–Crippen MR) is 104 cm³/mol. The van der Waals surface area contributed by atoms with Crippen molar-refractivity contribution in [2.75, 3.05) is 13.2 Å². The molecule has 3 rings (SSSR count). The van der Waals surface area contributed by atoms with Crippen molar-refractivity contribution < 1.29 is 22.6 Å². The lowest BCUT2D eigenvalue weighted by Crippen LogP contribution is -2.21. The number of hydrogen-bond donors (Lipinski definition) is 0. The molecule has 1 heterocycles. The molecule has 28 heavy (non-hydrogen) atoms. The lowest BCUT2D eigenvalue weighted by Gasteiger charge is -2.29. The molecular weight excluding hydrogens is 365 g/mol. The minimum absolute atomic E-state index is 0.0133. The molecule has 1 saturated heterocycles. The summed E-state index contributed by atoms with van der Waals surface area (Å²) in [6, 6.07) is 7.13. The van der Waals surface area contributed by atoms with Gasteiger partial charge in [-0.2, -0.15) is 0 Å². The van der Waals surface area contributed by atoms with Crippen molar-refractivity contribution in [2.45, 2.75) is 52.1 Å². The van der Waals surface area contributed by atoms with Gasteiger partial charge in [-0.3, -0.25) is 0 Å². The Morgan fingerprint density at radius 3 is 2.39 bits per heavy atom. The Balaban J connectivity index is 1.81. The van der Waals surface area contributed by atoms with Crippen LogP contribution in [0.4, 0.5) is 13.2 Å². The Kier molecular flexibility index (Phi) is 7.00. The van der Waals surface area contributed by atoms with E-state index in [1.807, 2.05) is 6.92 Å². The zero-order valence-corrected chi connectivity index (χ0v) is 16.4. The molecule has 1 aliphatic rings. The molecule has 2 unspecified atom stereocenters. The first-order valence-corrected chi connectivity index (χ1v) is 10.1. The van der Waals surface area contributed by atoms with Crippen molar-refractivity contribution >= 4 is 0 Å². The van der Waals surface area contributed by atoms with Crippen LogP contribution in [0.5, 0.6) is 5.75 Å². The average molecular weight is 392 g/mol. The Hall–Kier alpha value is -2.01. The molecule has 2 aromatic carbocycles. The van der Waals surface area contributed by atoms with Gasteiger partial charge in [0.15, 0.2) is 11.6 Å². The molecule has 5 heteroatoms. The smallest absolute Gasteiger partial charge is 0.167 e. The summed E-state index contributed by atoms with van der Waals surface area (Å²) in [6.45, 7) is 5.11. The van der Waals surface area contributed by atoms with Crippen LogP contribution in [-0.4, -0.2) is 13.2 Å². The van der Waals surface area contributed by atoms with Crippen LogP contribution in [0.1, 0.15) is 57.6 Å². The molecule has 0 bridgehead atoms. The molecule has 0 spiro atoms. The molecule has 1 fully saturated rings. The van der Waals surface area contributed by atoms with E-state index in [9.17, 15) is 13.2 Å². The van der Waals surface area contributed by atoms with Gasteiger partial charge < -0.3 is 9.47 Å². The van der Waals surface area contributed by atoms with Crippen LogP contribution in [0.25, 0.3) is 11.1 Å². The Bertz CT molecular complexity index is 799. The summed E-state index contributed by atoms with van der Waals surface area (Å²) in [5.41, 5.74) is 0.124. The van der Waals surface area contributed by atoms with E-state index in [4.69, 9.17) is 9.47 Å². The van der Waals surface area contributed by atoms with Crippen molar-refractivity contribution in [1.82, 2.24) is 0 Å². The van der Waals surface area contributed by atoms with E-state index < -0.39 is 23.6 Å². The van der Waals surface area contributed by atoms with E-state index in [1.165, 1.54) is 24.3 Å². The van der Waals surface area contributed by atoms with E-state index in [-0.39, 0.29) is 16.7 Å². The summed E-state index contributed by atoms with van der Waals surface area (Å²) >= 11 is 0. The fourth-order valence-corrected chi connectivity index (χ4v) is 3.73. The molecule has 0 amide bonds. The second-order valence-corrected chi connectivity index (χ2v) is 7.37. The summed E-state index contributed by atoms with van der Waals surface area (Å²) in [6.07, 6.45) is 4.12. The highest BCUT2D eigenvalue weighted by molar-refractivity contribution is 5.66. The number of hydrogen-bond acceptors (Lipinski definition) is 2.